The van der Waals surface area contributed by atoms with Crippen LogP contribution >= 0.6 is 0 Å². The van der Waals surface area contributed by atoms with Crippen molar-refractivity contribution < 1.29 is 22.7 Å². The van der Waals surface area contributed by atoms with E-state index in [1.165, 1.54) is 12.1 Å². The molecule has 0 radical (unpaired) electrons. The van der Waals surface area contributed by atoms with Gasteiger partial charge in [0.2, 0.25) is 21.8 Å². The Hall–Kier alpha value is -2.91. The number of nitrogens with zero attached hydrogens (tertiary/aromatic N) is 2. The molecule has 2 N–H and O–H groups in total. The summed E-state index contributed by atoms with van der Waals surface area (Å²) in [5, 5.41) is 5.13. The van der Waals surface area contributed by atoms with Gasteiger partial charge in [0.15, 0.2) is 0 Å². The van der Waals surface area contributed by atoms with E-state index in [4.69, 9.17) is 9.88 Å². The molecule has 0 aromatic heterocycles. The largest absolute Gasteiger partial charge is 0.495 e. The SMILES string of the molecule is COc1ccccc1N1CC(C(=O)N(C)C(C)c2ccc(S(N)(=O)=O)cc2)CC1=O. The van der Waals surface area contributed by atoms with E-state index in [1.54, 1.807) is 48.2 Å². The van der Waals surface area contributed by atoms with Gasteiger partial charge in [0.1, 0.15) is 5.75 Å². The van der Waals surface area contributed by atoms with Crippen LogP contribution in [0.5, 0.6) is 5.75 Å². The Kier molecular flexibility index (Phi) is 6.14. The highest BCUT2D eigenvalue weighted by atomic mass is 32.2. The summed E-state index contributed by atoms with van der Waals surface area (Å²) >= 11 is 0. The lowest BCUT2D eigenvalue weighted by atomic mass is 10.0. The van der Waals surface area contributed by atoms with Crippen LogP contribution in [-0.4, -0.2) is 45.8 Å². The summed E-state index contributed by atoms with van der Waals surface area (Å²) in [6, 6.07) is 13.0. The van der Waals surface area contributed by atoms with Crippen molar-refractivity contribution in [3.05, 3.63) is 54.1 Å². The topological polar surface area (TPSA) is 110 Å². The van der Waals surface area contributed by atoms with Crippen molar-refractivity contribution in [2.45, 2.75) is 24.3 Å². The Morgan fingerprint density at radius 1 is 1.20 bits per heavy atom. The third-order valence-electron chi connectivity index (χ3n) is 5.47. The van der Waals surface area contributed by atoms with Gasteiger partial charge in [-0.1, -0.05) is 24.3 Å². The highest BCUT2D eigenvalue weighted by molar-refractivity contribution is 7.89. The van der Waals surface area contributed by atoms with Crippen LogP contribution in [0, 0.1) is 5.92 Å². The monoisotopic (exact) mass is 431 g/mol. The molecule has 160 valence electrons. The molecule has 0 aliphatic carbocycles. The normalized spacial score (nSPS) is 17.7. The smallest absolute Gasteiger partial charge is 0.238 e. The van der Waals surface area contributed by atoms with Gasteiger partial charge in [-0.3, -0.25) is 9.59 Å². The summed E-state index contributed by atoms with van der Waals surface area (Å²) in [5.41, 5.74) is 1.42. The van der Waals surface area contributed by atoms with Gasteiger partial charge in [-0.25, -0.2) is 13.6 Å². The number of benzene rings is 2. The number of hydrogen-bond donors (Lipinski definition) is 1. The first kappa shape index (κ1) is 21.8. The molecule has 3 rings (SSSR count). The number of anilines is 1. The number of sulfonamides is 1. The number of carbonyl (C=O) groups excluding carboxylic acids is 2. The van der Waals surface area contributed by atoms with E-state index in [0.717, 1.165) is 5.56 Å². The van der Waals surface area contributed by atoms with E-state index in [9.17, 15) is 18.0 Å². The summed E-state index contributed by atoms with van der Waals surface area (Å²) in [7, 11) is -0.555. The van der Waals surface area contributed by atoms with Gasteiger partial charge in [0, 0.05) is 20.0 Å². The van der Waals surface area contributed by atoms with Crippen LogP contribution in [0.15, 0.2) is 53.4 Å². The molecule has 1 aliphatic rings. The van der Waals surface area contributed by atoms with Crippen LogP contribution in [0.4, 0.5) is 5.69 Å². The molecule has 1 fully saturated rings. The van der Waals surface area contributed by atoms with Crippen LogP contribution in [0.2, 0.25) is 0 Å². The van der Waals surface area contributed by atoms with Crippen molar-refractivity contribution in [1.29, 1.82) is 0 Å². The Balaban J connectivity index is 1.74. The molecule has 0 bridgehead atoms. The maximum atomic E-state index is 13.1. The molecule has 30 heavy (non-hydrogen) atoms. The van der Waals surface area contributed by atoms with Crippen molar-refractivity contribution in [2.75, 3.05) is 25.6 Å². The lowest BCUT2D eigenvalue weighted by Gasteiger charge is -2.28. The Labute approximate surface area is 176 Å². The highest BCUT2D eigenvalue weighted by Gasteiger charge is 2.38. The maximum absolute atomic E-state index is 13.1. The molecular formula is C21H25N3O5S. The van der Waals surface area contributed by atoms with Gasteiger partial charge in [-0.2, -0.15) is 0 Å². The molecule has 2 aromatic carbocycles. The van der Waals surface area contributed by atoms with Crippen molar-refractivity contribution in [3.8, 4) is 5.75 Å². The maximum Gasteiger partial charge on any atom is 0.238 e. The predicted octanol–water partition coefficient (Wildman–Crippen LogP) is 1.92. The average molecular weight is 432 g/mol. The third-order valence-corrected chi connectivity index (χ3v) is 6.40. The Bertz CT molecular complexity index is 1050. The molecule has 0 saturated carbocycles. The van der Waals surface area contributed by atoms with Gasteiger partial charge < -0.3 is 14.5 Å². The van der Waals surface area contributed by atoms with E-state index in [-0.39, 0.29) is 35.7 Å². The molecule has 1 heterocycles. The highest BCUT2D eigenvalue weighted by Crippen LogP contribution is 2.34. The summed E-state index contributed by atoms with van der Waals surface area (Å²) in [6.45, 7) is 2.12. The molecule has 0 spiro atoms. The quantitative estimate of drug-likeness (QED) is 0.751. The number of primary sulfonamides is 1. The number of rotatable bonds is 6. The van der Waals surface area contributed by atoms with Crippen LogP contribution in [-0.2, 0) is 19.6 Å². The summed E-state index contributed by atoms with van der Waals surface area (Å²) in [5.74, 6) is -0.172. The van der Waals surface area contributed by atoms with Crippen LogP contribution in [0.3, 0.4) is 0 Å². The van der Waals surface area contributed by atoms with Gasteiger partial charge in [-0.05, 0) is 36.8 Å². The zero-order chi connectivity index (χ0) is 22.1. The fraction of sp³-hybridized carbons (Fsp3) is 0.333. The molecule has 2 amide bonds. The first-order chi connectivity index (χ1) is 14.1. The fourth-order valence-electron chi connectivity index (χ4n) is 3.60. The minimum Gasteiger partial charge on any atom is -0.495 e. The van der Waals surface area contributed by atoms with E-state index in [0.29, 0.717) is 11.4 Å². The number of ether oxygens (including phenoxy) is 1. The average Bonchev–Trinajstić information content (AvgIpc) is 3.12. The number of carbonyl (C=O) groups is 2. The number of para-hydroxylation sites is 2. The van der Waals surface area contributed by atoms with E-state index >= 15 is 0 Å². The standard InChI is InChI=1S/C21H25N3O5S/c1-14(15-8-10-17(11-9-15)30(22,27)28)23(2)21(26)16-12-20(25)24(13-16)18-6-4-5-7-19(18)29-3/h4-11,14,16H,12-13H2,1-3H3,(H2,22,27,28). The lowest BCUT2D eigenvalue weighted by molar-refractivity contribution is -0.136. The van der Waals surface area contributed by atoms with E-state index in [2.05, 4.69) is 0 Å². The van der Waals surface area contributed by atoms with Crippen molar-refractivity contribution >= 4 is 27.5 Å². The van der Waals surface area contributed by atoms with Crippen LogP contribution < -0.4 is 14.8 Å². The van der Waals surface area contributed by atoms with Crippen LogP contribution in [0.25, 0.3) is 0 Å². The molecule has 1 saturated heterocycles. The van der Waals surface area contributed by atoms with Gasteiger partial charge in [0.25, 0.3) is 0 Å². The minimum atomic E-state index is -3.77. The van der Waals surface area contributed by atoms with Crippen molar-refractivity contribution in [2.24, 2.45) is 11.1 Å². The molecule has 2 unspecified atom stereocenters. The summed E-state index contributed by atoms with van der Waals surface area (Å²) < 4.78 is 28.2. The zero-order valence-electron chi connectivity index (χ0n) is 17.1. The van der Waals surface area contributed by atoms with E-state index in [1.807, 2.05) is 19.1 Å². The van der Waals surface area contributed by atoms with Crippen molar-refractivity contribution in [1.82, 2.24) is 4.90 Å². The summed E-state index contributed by atoms with van der Waals surface area (Å²) in [4.78, 5) is 28.8. The molecule has 8 nitrogen and oxygen atoms in total. The number of amides is 2. The molecular weight excluding hydrogens is 406 g/mol. The first-order valence-corrected chi connectivity index (χ1v) is 11.0. The summed E-state index contributed by atoms with van der Waals surface area (Å²) in [6.07, 6.45) is 0.123. The first-order valence-electron chi connectivity index (χ1n) is 9.46. The van der Waals surface area contributed by atoms with Gasteiger partial charge in [-0.15, -0.1) is 0 Å². The lowest BCUT2D eigenvalue weighted by Crippen LogP contribution is -2.36. The molecule has 2 aromatic rings. The zero-order valence-corrected chi connectivity index (χ0v) is 17.9. The number of methoxy groups -OCH3 is 1. The second-order valence-corrected chi connectivity index (χ2v) is 8.88. The Morgan fingerprint density at radius 3 is 2.43 bits per heavy atom. The second-order valence-electron chi connectivity index (χ2n) is 7.32. The van der Waals surface area contributed by atoms with E-state index < -0.39 is 15.9 Å². The molecule has 1 aliphatic heterocycles. The molecule has 9 heteroatoms. The van der Waals surface area contributed by atoms with Gasteiger partial charge >= 0.3 is 0 Å². The third kappa shape index (κ3) is 4.31. The second kappa shape index (κ2) is 8.45. The van der Waals surface area contributed by atoms with Crippen molar-refractivity contribution in [3.63, 3.8) is 0 Å². The number of hydrogen-bond acceptors (Lipinski definition) is 5. The van der Waals surface area contributed by atoms with Gasteiger partial charge in [0.05, 0.1) is 29.7 Å². The predicted molar refractivity (Wildman–Crippen MR) is 112 cm³/mol. The fourth-order valence-corrected chi connectivity index (χ4v) is 4.11. The Morgan fingerprint density at radius 2 is 1.83 bits per heavy atom. The minimum absolute atomic E-state index is 0.0151. The van der Waals surface area contributed by atoms with Crippen LogP contribution in [0.1, 0.15) is 24.9 Å². The molecule has 2 atom stereocenters. The number of nitrogens with two attached hydrogens (primary N) is 1.